The van der Waals surface area contributed by atoms with E-state index in [0.717, 1.165) is 17.5 Å². The van der Waals surface area contributed by atoms with E-state index in [-0.39, 0.29) is 23.2 Å². The first-order valence-corrected chi connectivity index (χ1v) is 11.2. The molecule has 2 heterocycles. The van der Waals surface area contributed by atoms with Crippen LogP contribution in [0.15, 0.2) is 30.9 Å². The molecule has 0 radical (unpaired) electrons. The Hall–Kier alpha value is -3.77. The third-order valence-corrected chi connectivity index (χ3v) is 5.69. The van der Waals surface area contributed by atoms with Crippen LogP contribution in [0, 0.1) is 11.8 Å². The second-order valence-corrected chi connectivity index (χ2v) is 7.90. The quantitative estimate of drug-likeness (QED) is 0.333. The highest BCUT2D eigenvalue weighted by atomic mass is 16.5. The normalized spacial score (nSPS) is 14.9. The third kappa shape index (κ3) is 5.58. The minimum atomic E-state index is -0.632. The number of hydrogen-bond donors (Lipinski definition) is 2. The molecule has 3 N–H and O–H groups in total. The van der Waals surface area contributed by atoms with Gasteiger partial charge in [-0.2, -0.15) is 5.10 Å². The van der Waals surface area contributed by atoms with Crippen LogP contribution < -0.4 is 15.8 Å². The zero-order chi connectivity index (χ0) is 24.7. The molecule has 180 valence electrons. The molecule has 1 aliphatic rings. The lowest BCUT2D eigenvalue weighted by Gasteiger charge is -2.17. The number of aryl methyl sites for hydroxylation is 1. The molecular weight excluding hydrogens is 434 g/mol. The number of nitrogens with one attached hydrogen (secondary N) is 1. The van der Waals surface area contributed by atoms with Crippen molar-refractivity contribution in [2.45, 2.75) is 25.8 Å². The lowest BCUT2D eigenvalue weighted by atomic mass is 10.1. The van der Waals surface area contributed by atoms with E-state index in [1.165, 1.54) is 6.08 Å². The number of nitrogens with two attached hydrogens (primary N) is 1. The molecule has 1 aliphatic heterocycles. The Balaban J connectivity index is 2.04. The van der Waals surface area contributed by atoms with E-state index in [4.69, 9.17) is 15.2 Å². The van der Waals surface area contributed by atoms with Gasteiger partial charge in [-0.25, -0.2) is 4.68 Å². The Bertz CT molecular complexity index is 1110. The fourth-order valence-corrected chi connectivity index (χ4v) is 3.92. The number of rotatable bonds is 9. The zero-order valence-corrected chi connectivity index (χ0v) is 19.9. The number of carbonyl (C=O) groups excluding carboxylic acids is 2. The minimum absolute atomic E-state index is 0.133. The van der Waals surface area contributed by atoms with E-state index >= 15 is 0 Å². The van der Waals surface area contributed by atoms with Gasteiger partial charge in [-0.05, 0) is 48.6 Å². The van der Waals surface area contributed by atoms with E-state index in [2.05, 4.69) is 35.8 Å². The fourth-order valence-electron chi connectivity index (χ4n) is 3.92. The monoisotopic (exact) mass is 465 g/mol. The van der Waals surface area contributed by atoms with Gasteiger partial charge in [0.1, 0.15) is 17.1 Å². The number of methoxy groups -OCH3 is 2. The molecule has 0 spiro atoms. The van der Waals surface area contributed by atoms with Gasteiger partial charge >= 0.3 is 0 Å². The van der Waals surface area contributed by atoms with Crippen LogP contribution in [0.5, 0.6) is 5.75 Å². The number of carbonyl (C=O) groups is 2. The van der Waals surface area contributed by atoms with Crippen LogP contribution in [0.1, 0.15) is 46.6 Å². The summed E-state index contributed by atoms with van der Waals surface area (Å²) in [7, 11) is 3.21. The number of nitrogens with zero attached hydrogens (tertiary/aromatic N) is 3. The topological polar surface area (TPSA) is 112 Å². The number of anilines is 1. The van der Waals surface area contributed by atoms with E-state index in [1.807, 2.05) is 18.2 Å². The molecule has 1 aromatic heterocycles. The average Bonchev–Trinajstić information content (AvgIpc) is 3.47. The molecule has 9 heteroatoms. The van der Waals surface area contributed by atoms with Crippen molar-refractivity contribution in [1.82, 2.24) is 14.7 Å². The van der Waals surface area contributed by atoms with Crippen molar-refractivity contribution in [1.29, 1.82) is 0 Å². The van der Waals surface area contributed by atoms with Gasteiger partial charge in [0.05, 0.1) is 19.8 Å². The standard InChI is InChI=1S/C25H31N5O4/c1-5-17-13-18(15-20(14-17)34-4)7-8-21-23(24(26)32)25(27-10-12-33-3)30(28-21)19-9-11-29(16-19)22(31)6-2/h6,13-15,19,27H,2,5,9-12,16H2,1,3-4H3,(H2,26,32)/t19-/m0/s1. The number of primary amides is 1. The van der Waals surface area contributed by atoms with Crippen molar-refractivity contribution >= 4 is 17.6 Å². The number of benzene rings is 1. The zero-order valence-electron chi connectivity index (χ0n) is 19.9. The van der Waals surface area contributed by atoms with Crippen molar-refractivity contribution in [3.05, 3.63) is 53.2 Å². The Morgan fingerprint density at radius 2 is 2.12 bits per heavy atom. The Kier molecular flexibility index (Phi) is 8.33. The Morgan fingerprint density at radius 1 is 1.32 bits per heavy atom. The van der Waals surface area contributed by atoms with E-state index in [0.29, 0.717) is 44.2 Å². The van der Waals surface area contributed by atoms with Gasteiger partial charge in [0.15, 0.2) is 5.69 Å². The largest absolute Gasteiger partial charge is 0.497 e. The summed E-state index contributed by atoms with van der Waals surface area (Å²) in [5.41, 5.74) is 8.09. The summed E-state index contributed by atoms with van der Waals surface area (Å²) in [6, 6.07) is 5.64. The molecule has 0 saturated carbocycles. The summed E-state index contributed by atoms with van der Waals surface area (Å²) < 4.78 is 12.2. The molecule has 2 amide bonds. The number of likely N-dealkylation sites (tertiary alicyclic amines) is 1. The van der Waals surface area contributed by atoms with E-state index < -0.39 is 5.91 Å². The molecule has 3 rings (SSSR count). The molecule has 0 aliphatic carbocycles. The summed E-state index contributed by atoms with van der Waals surface area (Å²) in [5, 5.41) is 7.87. The number of aromatic nitrogens is 2. The van der Waals surface area contributed by atoms with E-state index in [9.17, 15) is 9.59 Å². The SMILES string of the molecule is C=CC(=O)N1CC[C@H](n2nc(C#Cc3cc(CC)cc(OC)c3)c(C(N)=O)c2NCCOC)C1. The van der Waals surface area contributed by atoms with Crippen LogP contribution in [0.2, 0.25) is 0 Å². The highest BCUT2D eigenvalue weighted by Crippen LogP contribution is 2.29. The van der Waals surface area contributed by atoms with Gasteiger partial charge in [0, 0.05) is 32.3 Å². The number of ether oxygens (including phenoxy) is 2. The Labute approximate surface area is 199 Å². The fraction of sp³-hybridized carbons (Fsp3) is 0.400. The van der Waals surface area contributed by atoms with Crippen LogP contribution in [-0.2, 0) is 16.0 Å². The van der Waals surface area contributed by atoms with Crippen molar-refractivity contribution in [3.8, 4) is 17.6 Å². The molecule has 1 aromatic carbocycles. The van der Waals surface area contributed by atoms with Crippen LogP contribution >= 0.6 is 0 Å². The highest BCUT2D eigenvalue weighted by molar-refractivity contribution is 6.00. The maximum absolute atomic E-state index is 12.5. The molecule has 9 nitrogen and oxygen atoms in total. The van der Waals surface area contributed by atoms with Crippen LogP contribution in [0.25, 0.3) is 0 Å². The molecule has 2 aromatic rings. The van der Waals surface area contributed by atoms with Gasteiger partial charge < -0.3 is 25.4 Å². The summed E-state index contributed by atoms with van der Waals surface area (Å²) in [6.07, 6.45) is 2.82. The lowest BCUT2D eigenvalue weighted by Crippen LogP contribution is -2.28. The van der Waals surface area contributed by atoms with Gasteiger partial charge in [-0.1, -0.05) is 19.4 Å². The highest BCUT2D eigenvalue weighted by Gasteiger charge is 2.31. The lowest BCUT2D eigenvalue weighted by molar-refractivity contribution is -0.125. The smallest absolute Gasteiger partial charge is 0.255 e. The summed E-state index contributed by atoms with van der Waals surface area (Å²) in [5.74, 6) is 6.55. The van der Waals surface area contributed by atoms with Crippen LogP contribution in [0.3, 0.4) is 0 Å². The van der Waals surface area contributed by atoms with Gasteiger partial charge in [-0.15, -0.1) is 0 Å². The van der Waals surface area contributed by atoms with Crippen molar-refractivity contribution < 1.29 is 19.1 Å². The van der Waals surface area contributed by atoms with Gasteiger partial charge in [-0.3, -0.25) is 9.59 Å². The molecule has 0 unspecified atom stereocenters. The number of amides is 2. The maximum Gasteiger partial charge on any atom is 0.255 e. The van der Waals surface area contributed by atoms with Gasteiger partial charge in [0.25, 0.3) is 5.91 Å². The third-order valence-electron chi connectivity index (χ3n) is 5.69. The summed E-state index contributed by atoms with van der Waals surface area (Å²) in [4.78, 5) is 26.2. The maximum atomic E-state index is 12.5. The van der Waals surface area contributed by atoms with Crippen LogP contribution in [-0.4, -0.2) is 67.0 Å². The average molecular weight is 466 g/mol. The van der Waals surface area contributed by atoms with Crippen molar-refractivity contribution in [2.24, 2.45) is 5.73 Å². The second kappa shape index (κ2) is 11.4. The van der Waals surface area contributed by atoms with Gasteiger partial charge in [0.2, 0.25) is 5.91 Å². The molecular formula is C25H31N5O4. The molecule has 1 atom stereocenters. The summed E-state index contributed by atoms with van der Waals surface area (Å²) in [6.45, 7) is 7.52. The first kappa shape index (κ1) is 24.9. The van der Waals surface area contributed by atoms with E-state index in [1.54, 1.807) is 23.8 Å². The second-order valence-electron chi connectivity index (χ2n) is 7.90. The predicted molar refractivity (Wildman–Crippen MR) is 130 cm³/mol. The Morgan fingerprint density at radius 3 is 2.76 bits per heavy atom. The molecule has 34 heavy (non-hydrogen) atoms. The van der Waals surface area contributed by atoms with Crippen molar-refractivity contribution in [3.63, 3.8) is 0 Å². The van der Waals surface area contributed by atoms with Crippen molar-refractivity contribution in [2.75, 3.05) is 45.8 Å². The van der Waals surface area contributed by atoms with Crippen LogP contribution in [0.4, 0.5) is 5.82 Å². The summed E-state index contributed by atoms with van der Waals surface area (Å²) >= 11 is 0. The first-order valence-electron chi connectivity index (χ1n) is 11.2. The first-order chi connectivity index (χ1) is 16.4. The minimum Gasteiger partial charge on any atom is -0.497 e. The molecule has 0 bridgehead atoms. The molecule has 1 fully saturated rings. The predicted octanol–water partition coefficient (Wildman–Crippen LogP) is 1.97. The number of hydrogen-bond acceptors (Lipinski definition) is 6. The molecule has 1 saturated heterocycles.